The highest BCUT2D eigenvalue weighted by Gasteiger charge is 2.66. The molecular formula is C54H78N2O11. The molecule has 0 radical (unpaired) electrons. The van der Waals surface area contributed by atoms with E-state index in [1.807, 2.05) is 70.2 Å². The molecule has 2 aromatic carbocycles. The van der Waals surface area contributed by atoms with Crippen molar-refractivity contribution < 1.29 is 53.0 Å². The third-order valence-corrected chi connectivity index (χ3v) is 16.9. The van der Waals surface area contributed by atoms with Crippen LogP contribution in [0.5, 0.6) is 17.2 Å². The number of carbonyl (C=O) groups is 3. The van der Waals surface area contributed by atoms with E-state index in [9.17, 15) is 19.8 Å². The molecule has 5 aliphatic rings. The second kappa shape index (κ2) is 20.9. The Labute approximate surface area is 398 Å². The fourth-order valence-corrected chi connectivity index (χ4v) is 11.8. The highest BCUT2D eigenvalue weighted by molar-refractivity contribution is 5.91. The van der Waals surface area contributed by atoms with Crippen molar-refractivity contribution in [1.82, 2.24) is 10.2 Å². The maximum atomic E-state index is 15.0. The number of aliphatic hydroxyl groups is 2. The van der Waals surface area contributed by atoms with Gasteiger partial charge in [0.15, 0.2) is 17.3 Å². The molecule has 2 aliphatic heterocycles. The number of fused-ring (bicyclic) bond motifs is 5. The summed E-state index contributed by atoms with van der Waals surface area (Å²) in [5.41, 5.74) is 0.820. The van der Waals surface area contributed by atoms with Gasteiger partial charge in [0.25, 0.3) is 0 Å². The Hall–Kier alpha value is -4.01. The molecule has 13 nitrogen and oxygen atoms in total. The zero-order chi connectivity index (χ0) is 48.3. The lowest BCUT2D eigenvalue weighted by Crippen LogP contribution is -2.68. The monoisotopic (exact) mass is 931 g/mol. The summed E-state index contributed by atoms with van der Waals surface area (Å²) in [5.74, 6) is 1.41. The van der Waals surface area contributed by atoms with Crippen molar-refractivity contribution >= 4 is 17.7 Å². The van der Waals surface area contributed by atoms with E-state index in [-0.39, 0.29) is 48.8 Å². The van der Waals surface area contributed by atoms with E-state index in [0.717, 1.165) is 54.4 Å². The third kappa shape index (κ3) is 10.3. The largest absolute Gasteiger partial charge is 0.493 e. The van der Waals surface area contributed by atoms with Crippen LogP contribution >= 0.6 is 0 Å². The highest BCUT2D eigenvalue weighted by Crippen LogP contribution is 2.62. The van der Waals surface area contributed by atoms with E-state index in [1.165, 1.54) is 0 Å². The normalized spacial score (nSPS) is 29.7. The van der Waals surface area contributed by atoms with Gasteiger partial charge in [-0.15, -0.1) is 0 Å². The van der Waals surface area contributed by atoms with Gasteiger partial charge in [0, 0.05) is 42.8 Å². The van der Waals surface area contributed by atoms with Crippen LogP contribution in [0.4, 0.5) is 4.79 Å². The first-order valence-electron chi connectivity index (χ1n) is 24.9. The summed E-state index contributed by atoms with van der Waals surface area (Å²) in [6, 6.07) is 13.3. The minimum atomic E-state index is -1.01. The minimum absolute atomic E-state index is 0.0103. The van der Waals surface area contributed by atoms with Gasteiger partial charge in [0.1, 0.15) is 30.9 Å². The zero-order valence-corrected chi connectivity index (χ0v) is 41.6. The molecule has 4 fully saturated rings. The van der Waals surface area contributed by atoms with Crippen LogP contribution in [0.15, 0.2) is 53.6 Å². The Morgan fingerprint density at radius 3 is 2.55 bits per heavy atom. The molecule has 370 valence electrons. The summed E-state index contributed by atoms with van der Waals surface area (Å²) in [6.45, 7) is 16.6. The van der Waals surface area contributed by atoms with Crippen LogP contribution < -0.4 is 19.5 Å². The van der Waals surface area contributed by atoms with Crippen LogP contribution in [-0.2, 0) is 30.2 Å². The number of carbonyl (C=O) groups excluding carboxylic acids is 3. The number of benzene rings is 2. The van der Waals surface area contributed by atoms with Gasteiger partial charge in [-0.05, 0) is 113 Å². The third-order valence-electron chi connectivity index (χ3n) is 16.9. The minimum Gasteiger partial charge on any atom is -0.493 e. The van der Waals surface area contributed by atoms with Gasteiger partial charge >= 0.3 is 6.09 Å². The zero-order valence-electron chi connectivity index (χ0n) is 41.6. The number of hydrogen-bond acceptors (Lipinski definition) is 12. The van der Waals surface area contributed by atoms with Crippen molar-refractivity contribution in [3.05, 3.63) is 64.7 Å². The molecule has 0 aromatic heterocycles. The van der Waals surface area contributed by atoms with Crippen molar-refractivity contribution in [2.24, 2.45) is 34.0 Å². The summed E-state index contributed by atoms with van der Waals surface area (Å²) in [5, 5.41) is 27.7. The van der Waals surface area contributed by atoms with Crippen LogP contribution in [0.25, 0.3) is 0 Å². The predicted octanol–water partition coefficient (Wildman–Crippen LogP) is 8.22. The van der Waals surface area contributed by atoms with Crippen molar-refractivity contribution in [3.8, 4) is 17.2 Å². The van der Waals surface area contributed by atoms with Gasteiger partial charge in [0.05, 0.1) is 62.6 Å². The molecule has 67 heavy (non-hydrogen) atoms. The predicted molar refractivity (Wildman–Crippen MR) is 255 cm³/mol. The Morgan fingerprint density at radius 2 is 1.84 bits per heavy atom. The van der Waals surface area contributed by atoms with E-state index in [1.54, 1.807) is 19.1 Å². The van der Waals surface area contributed by atoms with Gasteiger partial charge < -0.3 is 48.9 Å². The number of nitrogens with one attached hydrogen (secondary N) is 1. The maximum Gasteiger partial charge on any atom is 0.410 e. The number of nitrogens with zero attached hydrogens (tertiary/aromatic N) is 1. The topological polar surface area (TPSA) is 162 Å². The second-order valence-electron chi connectivity index (χ2n) is 21.4. The number of methoxy groups -OCH3 is 2. The molecule has 9 unspecified atom stereocenters. The molecular weight excluding hydrogens is 853 g/mol. The Kier molecular flexibility index (Phi) is 15.9. The molecule has 1 amide bonds. The van der Waals surface area contributed by atoms with E-state index in [4.69, 9.17) is 28.4 Å². The average molecular weight is 931 g/mol. The lowest BCUT2D eigenvalue weighted by atomic mass is 9.46. The standard InChI is InChI=1S/C54H78N2O11/c1-10-51(3,4)47(58)33-64-31-37-15-11-12-24-56(37)50(60)67-42(19-17-35-18-20-43(62-8)45(26-35)63-9)36-14-13-16-38(27-36)65-25-23-55-30-39-48-34(2)21-22-54(61,52(48,5)6)29-41-40-32-66-44(40)28-46(57)53(41,7)49(39)59/h13-14,16,18,20,26-27,37,39-42,44,46,55,57,61H,10-12,15,17,19,21-25,28-33H2,1-9H3. The molecule has 2 bridgehead atoms. The van der Waals surface area contributed by atoms with E-state index in [0.29, 0.717) is 82.2 Å². The lowest BCUT2D eigenvalue weighted by Gasteiger charge is -2.62. The van der Waals surface area contributed by atoms with Gasteiger partial charge in [-0.1, -0.05) is 64.0 Å². The Balaban J connectivity index is 1.04. The first-order valence-corrected chi connectivity index (χ1v) is 24.9. The molecule has 2 aromatic rings. The molecule has 2 heterocycles. The number of likely N-dealkylation sites (tertiary alicyclic amines) is 1. The Morgan fingerprint density at radius 1 is 1.06 bits per heavy atom. The molecule has 2 saturated heterocycles. The first-order chi connectivity index (χ1) is 31.9. The number of piperidine rings is 1. The second-order valence-corrected chi connectivity index (χ2v) is 21.4. The van der Waals surface area contributed by atoms with Crippen LogP contribution in [0.3, 0.4) is 0 Å². The Bertz CT molecular complexity index is 2120. The van der Waals surface area contributed by atoms with E-state index >= 15 is 4.79 Å². The maximum absolute atomic E-state index is 15.0. The van der Waals surface area contributed by atoms with Gasteiger partial charge in [-0.3, -0.25) is 9.59 Å². The average Bonchev–Trinajstić information content (AvgIpc) is 3.30. The summed E-state index contributed by atoms with van der Waals surface area (Å²) < 4.78 is 35.6. The molecule has 2 saturated carbocycles. The molecule has 3 aliphatic carbocycles. The summed E-state index contributed by atoms with van der Waals surface area (Å²) >= 11 is 0. The van der Waals surface area contributed by atoms with Crippen LogP contribution in [0.2, 0.25) is 0 Å². The molecule has 9 atom stereocenters. The number of amides is 1. The number of hydrogen-bond donors (Lipinski definition) is 3. The quantitative estimate of drug-likeness (QED) is 0.0916. The van der Waals surface area contributed by atoms with E-state index < -0.39 is 46.1 Å². The van der Waals surface area contributed by atoms with Crippen molar-refractivity contribution in [3.63, 3.8) is 0 Å². The molecule has 13 heteroatoms. The summed E-state index contributed by atoms with van der Waals surface area (Å²) in [4.78, 5) is 43.7. The fourth-order valence-electron chi connectivity index (χ4n) is 11.8. The SMILES string of the molecule is CCC(C)(C)C(=O)COCC1CCCCN1C(=O)OC(CCc1ccc(OC)c(OC)c1)c1cccc(OCCNCC2C(=O)C3(C)C(O)CC4OCC4C3CC3(O)CCC(C)=C2C3(C)C)c1. The summed E-state index contributed by atoms with van der Waals surface area (Å²) in [6.07, 6.45) is 4.67. The van der Waals surface area contributed by atoms with Gasteiger partial charge in [-0.2, -0.15) is 0 Å². The van der Waals surface area contributed by atoms with Gasteiger partial charge in [-0.25, -0.2) is 4.79 Å². The lowest BCUT2D eigenvalue weighted by molar-refractivity contribution is -0.240. The number of ether oxygens (including phenoxy) is 6. The number of Topliss-reactive ketones (excluding diaryl/α,β-unsaturated/α-hetero) is 2. The fraction of sp³-hybridized carbons (Fsp3) is 0.685. The number of rotatable bonds is 19. The van der Waals surface area contributed by atoms with Crippen molar-refractivity contribution in [1.29, 1.82) is 0 Å². The van der Waals surface area contributed by atoms with Crippen molar-refractivity contribution in [2.45, 2.75) is 143 Å². The van der Waals surface area contributed by atoms with Gasteiger partial charge in [0.2, 0.25) is 0 Å². The van der Waals surface area contributed by atoms with Crippen LogP contribution in [0, 0.1) is 34.0 Å². The highest BCUT2D eigenvalue weighted by atomic mass is 16.6. The smallest absolute Gasteiger partial charge is 0.410 e. The first kappa shape index (κ1) is 50.9. The number of ketones is 2. The number of allylic oxidation sites excluding steroid dienone is 1. The van der Waals surface area contributed by atoms with Crippen LogP contribution in [0.1, 0.15) is 123 Å². The molecule has 3 N–H and O–H groups in total. The number of aliphatic hydroxyl groups excluding tert-OH is 1. The molecule has 0 spiro atoms. The summed E-state index contributed by atoms with van der Waals surface area (Å²) in [7, 11) is 3.21. The molecule has 7 rings (SSSR count). The van der Waals surface area contributed by atoms with Crippen LogP contribution in [-0.4, -0.2) is 117 Å². The van der Waals surface area contributed by atoms with E-state index in [2.05, 4.69) is 26.1 Å². The van der Waals surface area contributed by atoms with Crippen molar-refractivity contribution in [2.75, 3.05) is 60.3 Å². The number of aryl methyl sites for hydroxylation is 1.